The van der Waals surface area contributed by atoms with Gasteiger partial charge in [-0.25, -0.2) is 19.2 Å². The van der Waals surface area contributed by atoms with Gasteiger partial charge in [-0.2, -0.15) is 0 Å². The van der Waals surface area contributed by atoms with E-state index in [0.29, 0.717) is 21.8 Å². The molecule has 2 N–H and O–H groups in total. The van der Waals surface area contributed by atoms with Crippen LogP contribution >= 0.6 is 0 Å². The Balaban J connectivity index is 1.77. The lowest BCUT2D eigenvalue weighted by Crippen LogP contribution is -2.30. The second kappa shape index (κ2) is 10.1. The summed E-state index contributed by atoms with van der Waals surface area (Å²) in [4.78, 5) is 90.0. The number of ether oxygens (including phenoxy) is 4. The van der Waals surface area contributed by atoms with Crippen molar-refractivity contribution >= 4 is 79.1 Å². The van der Waals surface area contributed by atoms with Crippen molar-refractivity contribution in [2.75, 3.05) is 28.4 Å². The predicted octanol–water partition coefficient (Wildman–Crippen LogP) is 4.88. The molecule has 0 saturated heterocycles. The number of carbonyl (C=O) groups excluding carboxylic acids is 6. The number of para-hydroxylation sites is 2. The Morgan fingerprint density at radius 3 is 1.15 bits per heavy atom. The molecular formula is C34H22N2O10. The molecule has 0 saturated carbocycles. The molecule has 0 fully saturated rings. The molecule has 2 heterocycles. The van der Waals surface area contributed by atoms with E-state index in [1.54, 1.807) is 48.5 Å². The summed E-state index contributed by atoms with van der Waals surface area (Å²) in [6.07, 6.45) is 0. The highest BCUT2D eigenvalue weighted by Crippen LogP contribution is 2.45. The van der Waals surface area contributed by atoms with Crippen molar-refractivity contribution in [3.63, 3.8) is 0 Å². The molecule has 6 aromatic rings. The van der Waals surface area contributed by atoms with Crippen molar-refractivity contribution in [3.05, 3.63) is 93.0 Å². The van der Waals surface area contributed by atoms with Crippen LogP contribution in [0.5, 0.6) is 0 Å². The van der Waals surface area contributed by atoms with Gasteiger partial charge in [0.1, 0.15) is 0 Å². The minimum absolute atomic E-state index is 0.0421. The van der Waals surface area contributed by atoms with Gasteiger partial charge in [-0.1, -0.05) is 36.4 Å². The average molecular weight is 619 g/mol. The van der Waals surface area contributed by atoms with Crippen LogP contribution in [0.1, 0.15) is 73.3 Å². The highest BCUT2D eigenvalue weighted by Gasteiger charge is 2.45. The Morgan fingerprint density at radius 2 is 0.804 bits per heavy atom. The molecule has 0 atom stereocenters. The van der Waals surface area contributed by atoms with Crippen molar-refractivity contribution in [2.24, 2.45) is 0 Å². The van der Waals surface area contributed by atoms with Crippen molar-refractivity contribution in [1.82, 2.24) is 9.97 Å². The van der Waals surface area contributed by atoms with Crippen LogP contribution in [0.3, 0.4) is 0 Å². The molecule has 12 heteroatoms. The molecule has 7 rings (SSSR count). The van der Waals surface area contributed by atoms with Gasteiger partial charge < -0.3 is 28.9 Å². The van der Waals surface area contributed by atoms with Gasteiger partial charge in [0.2, 0.25) is 0 Å². The number of esters is 4. The third kappa shape index (κ3) is 3.54. The maximum Gasteiger partial charge on any atom is 0.339 e. The van der Waals surface area contributed by atoms with Gasteiger partial charge in [0, 0.05) is 32.6 Å². The van der Waals surface area contributed by atoms with Gasteiger partial charge in [0.05, 0.1) is 84.0 Å². The Hall–Kier alpha value is -6.30. The van der Waals surface area contributed by atoms with Crippen LogP contribution in [-0.2, 0) is 18.9 Å². The van der Waals surface area contributed by atoms with E-state index in [9.17, 15) is 28.8 Å². The van der Waals surface area contributed by atoms with E-state index in [0.717, 1.165) is 28.4 Å². The van der Waals surface area contributed by atoms with Gasteiger partial charge in [-0.15, -0.1) is 0 Å². The van der Waals surface area contributed by atoms with Crippen LogP contribution in [0.25, 0.3) is 43.6 Å². The number of carbonyl (C=O) groups is 6. The summed E-state index contributed by atoms with van der Waals surface area (Å²) >= 11 is 0. The zero-order valence-electron chi connectivity index (χ0n) is 24.7. The molecule has 4 aromatic carbocycles. The van der Waals surface area contributed by atoms with E-state index in [1.165, 1.54) is 0 Å². The fourth-order valence-corrected chi connectivity index (χ4v) is 6.56. The Bertz CT molecular complexity index is 2260. The zero-order chi connectivity index (χ0) is 32.6. The van der Waals surface area contributed by atoms with E-state index in [1.807, 2.05) is 0 Å². The molecule has 2 aromatic heterocycles. The predicted molar refractivity (Wildman–Crippen MR) is 164 cm³/mol. The van der Waals surface area contributed by atoms with Crippen LogP contribution in [0, 0.1) is 0 Å². The second-order valence-corrected chi connectivity index (χ2v) is 10.5. The number of methoxy groups -OCH3 is 4. The number of H-pyrrole nitrogens is 2. The highest BCUT2D eigenvalue weighted by atomic mass is 16.5. The van der Waals surface area contributed by atoms with Gasteiger partial charge in [0.25, 0.3) is 0 Å². The summed E-state index contributed by atoms with van der Waals surface area (Å²) < 4.78 is 20.3. The van der Waals surface area contributed by atoms with Crippen molar-refractivity contribution in [2.45, 2.75) is 0 Å². The van der Waals surface area contributed by atoms with E-state index in [4.69, 9.17) is 18.9 Å². The molecule has 1 aliphatic rings. The van der Waals surface area contributed by atoms with Crippen LogP contribution in [-0.4, -0.2) is 73.9 Å². The van der Waals surface area contributed by atoms with Crippen LogP contribution in [0.2, 0.25) is 0 Å². The van der Waals surface area contributed by atoms with Crippen molar-refractivity contribution < 1.29 is 47.7 Å². The summed E-state index contributed by atoms with van der Waals surface area (Å²) in [5.41, 5.74) is -1.93. The smallest absolute Gasteiger partial charge is 0.339 e. The summed E-state index contributed by atoms with van der Waals surface area (Å²) in [5.74, 6) is -5.80. The highest BCUT2D eigenvalue weighted by molar-refractivity contribution is 6.42. The third-order valence-corrected chi connectivity index (χ3v) is 8.38. The number of nitrogens with one attached hydrogen (secondary N) is 2. The number of rotatable bonds is 4. The quantitative estimate of drug-likeness (QED) is 0.205. The fourth-order valence-electron chi connectivity index (χ4n) is 6.56. The van der Waals surface area contributed by atoms with Crippen LogP contribution in [0.4, 0.5) is 0 Å². The van der Waals surface area contributed by atoms with Crippen molar-refractivity contribution in [1.29, 1.82) is 0 Å². The van der Waals surface area contributed by atoms with E-state index >= 15 is 0 Å². The molecule has 0 bridgehead atoms. The summed E-state index contributed by atoms with van der Waals surface area (Å²) in [5, 5.41) is 1.16. The number of aromatic amines is 2. The number of hydrogen-bond acceptors (Lipinski definition) is 10. The van der Waals surface area contributed by atoms with Gasteiger partial charge in [0.15, 0.2) is 11.6 Å². The first-order valence-electron chi connectivity index (χ1n) is 13.8. The topological polar surface area (TPSA) is 171 Å². The molecule has 12 nitrogen and oxygen atoms in total. The maximum atomic E-state index is 14.9. The Morgan fingerprint density at radius 1 is 0.478 bits per heavy atom. The van der Waals surface area contributed by atoms with Gasteiger partial charge in [-0.3, -0.25) is 9.59 Å². The normalized spacial score (nSPS) is 12.3. The molecule has 46 heavy (non-hydrogen) atoms. The number of ketones is 2. The number of fused-ring (bicyclic) bond motifs is 10. The van der Waals surface area contributed by atoms with Gasteiger partial charge in [-0.05, 0) is 12.1 Å². The van der Waals surface area contributed by atoms with Crippen molar-refractivity contribution in [3.8, 4) is 0 Å². The maximum absolute atomic E-state index is 14.9. The lowest BCUT2D eigenvalue weighted by molar-refractivity contribution is 0.0554. The second-order valence-electron chi connectivity index (χ2n) is 10.5. The lowest BCUT2D eigenvalue weighted by Gasteiger charge is -2.25. The molecule has 0 unspecified atom stereocenters. The summed E-state index contributed by atoms with van der Waals surface area (Å²) in [6.45, 7) is 0. The van der Waals surface area contributed by atoms with E-state index < -0.39 is 57.7 Å². The molecule has 228 valence electrons. The molecular weight excluding hydrogens is 596 g/mol. The lowest BCUT2D eigenvalue weighted by atomic mass is 9.75. The summed E-state index contributed by atoms with van der Waals surface area (Å²) in [6, 6.07) is 13.5. The monoisotopic (exact) mass is 618 g/mol. The first-order chi connectivity index (χ1) is 22.2. The Labute approximate surface area is 258 Å². The number of aromatic nitrogens is 2. The first kappa shape index (κ1) is 28.5. The van der Waals surface area contributed by atoms with Crippen LogP contribution < -0.4 is 0 Å². The van der Waals surface area contributed by atoms with E-state index in [-0.39, 0.29) is 44.1 Å². The largest absolute Gasteiger partial charge is 0.465 e. The third-order valence-electron chi connectivity index (χ3n) is 8.38. The van der Waals surface area contributed by atoms with E-state index in [2.05, 4.69) is 9.97 Å². The first-order valence-corrected chi connectivity index (χ1v) is 13.8. The minimum Gasteiger partial charge on any atom is -0.465 e. The molecule has 1 aliphatic carbocycles. The number of hydrogen-bond donors (Lipinski definition) is 2. The molecule has 0 amide bonds. The number of benzene rings is 4. The molecule has 0 spiro atoms. The Kier molecular flexibility index (Phi) is 6.27. The minimum atomic E-state index is -1.07. The molecule has 0 radical (unpaired) electrons. The van der Waals surface area contributed by atoms with Crippen LogP contribution in [0.15, 0.2) is 48.5 Å². The summed E-state index contributed by atoms with van der Waals surface area (Å²) in [7, 11) is 4.39. The molecule has 0 aliphatic heterocycles. The average Bonchev–Trinajstić information content (AvgIpc) is 3.66. The SMILES string of the molecule is COC(=O)c1c2c(c3[nH]c4ccccc4c3c1C(=O)OC)C(=O)c1c(C(=O)OC)c(C(=O)OC)c3c([nH]c4ccccc43)c1C2=O. The zero-order valence-corrected chi connectivity index (χ0v) is 24.7. The standard InChI is InChI=1S/C34H22N2O10/c1-43-31(39)21-17-13-9-5-7-11-15(13)35-27(17)25-19(23(21)33(41)45-3)29(37)26-20(30(25)38)24(34(42)46-4)22(32(40)44-2)18-14-10-6-8-12-16(14)36-28(18)26/h5-12,35-36H,1-4H3. The van der Waals surface area contributed by atoms with Gasteiger partial charge >= 0.3 is 23.9 Å². The fraction of sp³-hybridized carbons (Fsp3) is 0.118.